The summed E-state index contributed by atoms with van der Waals surface area (Å²) in [5.74, 6) is 1.43. The topological polar surface area (TPSA) is 80.1 Å². The number of para-hydroxylation sites is 1. The number of rotatable bonds is 5. The molecular formula is C26H22N4O2. The molecule has 6 heteroatoms. The molecule has 0 unspecified atom stereocenters. The lowest BCUT2D eigenvalue weighted by Crippen LogP contribution is -2.17. The number of nitrogens with one attached hydrogen (secondary N) is 2. The number of hydrogen-bond donors (Lipinski definition) is 2. The Morgan fingerprint density at radius 2 is 1.94 bits per heavy atom. The zero-order valence-corrected chi connectivity index (χ0v) is 17.4. The van der Waals surface area contributed by atoms with Gasteiger partial charge in [0.05, 0.1) is 16.9 Å². The van der Waals surface area contributed by atoms with Gasteiger partial charge in [0.1, 0.15) is 24.7 Å². The highest BCUT2D eigenvalue weighted by molar-refractivity contribution is 6.18. The van der Waals surface area contributed by atoms with Crippen LogP contribution in [-0.2, 0) is 6.61 Å². The first-order valence-electron chi connectivity index (χ1n) is 10.5. The van der Waals surface area contributed by atoms with Gasteiger partial charge in [-0.3, -0.25) is 4.98 Å². The van der Waals surface area contributed by atoms with Crippen molar-refractivity contribution in [2.45, 2.75) is 6.61 Å². The molecule has 0 saturated carbocycles. The maximum atomic E-state index is 7.99. The minimum absolute atomic E-state index is 0.368. The monoisotopic (exact) mass is 422 g/mol. The van der Waals surface area contributed by atoms with E-state index < -0.39 is 0 Å². The fourth-order valence-corrected chi connectivity index (χ4v) is 3.77. The average Bonchev–Trinajstić information content (AvgIpc) is 3.06. The summed E-state index contributed by atoms with van der Waals surface area (Å²) in [5.41, 5.74) is 5.29. The number of nitrogens with zero attached hydrogens (tertiary/aromatic N) is 2. The highest BCUT2D eigenvalue weighted by atomic mass is 16.5. The van der Waals surface area contributed by atoms with Gasteiger partial charge in [-0.1, -0.05) is 24.3 Å². The summed E-state index contributed by atoms with van der Waals surface area (Å²) in [7, 11) is 0. The molecule has 3 heterocycles. The Hall–Kier alpha value is -4.19. The van der Waals surface area contributed by atoms with Crippen LogP contribution in [0.15, 0.2) is 79.1 Å². The summed E-state index contributed by atoms with van der Waals surface area (Å²) >= 11 is 0. The molecule has 4 aromatic rings. The summed E-state index contributed by atoms with van der Waals surface area (Å²) < 4.78 is 12.0. The van der Waals surface area contributed by atoms with Crippen LogP contribution >= 0.6 is 0 Å². The lowest BCUT2D eigenvalue weighted by atomic mass is 10.0. The van der Waals surface area contributed by atoms with Crippen molar-refractivity contribution in [1.29, 1.82) is 5.41 Å². The number of pyridine rings is 2. The van der Waals surface area contributed by atoms with Crippen molar-refractivity contribution in [1.82, 2.24) is 15.3 Å². The predicted molar refractivity (Wildman–Crippen MR) is 126 cm³/mol. The summed E-state index contributed by atoms with van der Waals surface area (Å²) in [6.45, 7) is 1.53. The van der Waals surface area contributed by atoms with Crippen LogP contribution in [0.3, 0.4) is 0 Å². The van der Waals surface area contributed by atoms with Crippen molar-refractivity contribution in [2.75, 3.05) is 13.2 Å². The Morgan fingerprint density at radius 3 is 2.81 bits per heavy atom. The molecule has 6 nitrogen and oxygen atoms in total. The maximum Gasteiger partial charge on any atom is 0.132 e. The highest BCUT2D eigenvalue weighted by Crippen LogP contribution is 2.34. The Balaban J connectivity index is 1.43. The Kier molecular flexibility index (Phi) is 5.49. The fraction of sp³-hybridized carbons (Fsp3) is 0.115. The van der Waals surface area contributed by atoms with E-state index in [1.54, 1.807) is 12.4 Å². The van der Waals surface area contributed by atoms with Crippen molar-refractivity contribution < 1.29 is 9.47 Å². The lowest BCUT2D eigenvalue weighted by Gasteiger charge is -2.15. The van der Waals surface area contributed by atoms with Gasteiger partial charge in [0.25, 0.3) is 0 Å². The molecule has 0 spiro atoms. The second-order valence-electron chi connectivity index (χ2n) is 7.39. The standard InChI is InChI=1S/C26H22N4O2/c27-16-23(18-9-11-28-12-10-18)26-22-8-7-21(15-25(22)31-14-13-29-26)32-17-20-6-5-19-3-1-2-4-24(19)30-20/h1-12,15-16,27,29H,13-14,17H2/b26-23+,27-16?. The van der Waals surface area contributed by atoms with Gasteiger partial charge < -0.3 is 20.2 Å². The van der Waals surface area contributed by atoms with Gasteiger partial charge in [0.15, 0.2) is 0 Å². The van der Waals surface area contributed by atoms with E-state index in [-0.39, 0.29) is 0 Å². The molecule has 0 amide bonds. The van der Waals surface area contributed by atoms with Gasteiger partial charge in [-0.15, -0.1) is 0 Å². The van der Waals surface area contributed by atoms with Crippen molar-refractivity contribution in [2.24, 2.45) is 0 Å². The van der Waals surface area contributed by atoms with Gasteiger partial charge in [-0.25, -0.2) is 4.98 Å². The predicted octanol–water partition coefficient (Wildman–Crippen LogP) is 4.71. The molecule has 32 heavy (non-hydrogen) atoms. The number of ether oxygens (including phenoxy) is 2. The van der Waals surface area contributed by atoms with Crippen LogP contribution in [0.5, 0.6) is 11.5 Å². The van der Waals surface area contributed by atoms with Crippen LogP contribution in [0.1, 0.15) is 16.8 Å². The van der Waals surface area contributed by atoms with E-state index in [1.165, 1.54) is 6.21 Å². The number of hydrogen-bond acceptors (Lipinski definition) is 6. The third kappa shape index (κ3) is 4.03. The molecule has 5 rings (SSSR count). The van der Waals surface area contributed by atoms with Crippen molar-refractivity contribution in [3.8, 4) is 11.5 Å². The van der Waals surface area contributed by atoms with Gasteiger partial charge >= 0.3 is 0 Å². The number of aromatic nitrogens is 2. The normalized spacial score (nSPS) is 14.5. The van der Waals surface area contributed by atoms with E-state index >= 15 is 0 Å². The molecule has 2 N–H and O–H groups in total. The summed E-state index contributed by atoms with van der Waals surface area (Å²) in [6.07, 6.45) is 4.82. The Bertz CT molecular complexity index is 1300. The number of fused-ring (bicyclic) bond motifs is 2. The van der Waals surface area contributed by atoms with E-state index in [2.05, 4.69) is 21.4 Å². The van der Waals surface area contributed by atoms with Crippen LogP contribution in [-0.4, -0.2) is 29.3 Å². The second kappa shape index (κ2) is 8.89. The fourth-order valence-electron chi connectivity index (χ4n) is 3.77. The molecule has 1 aliphatic heterocycles. The smallest absolute Gasteiger partial charge is 0.132 e. The van der Waals surface area contributed by atoms with Crippen LogP contribution in [0.4, 0.5) is 0 Å². The first-order valence-corrected chi connectivity index (χ1v) is 10.5. The van der Waals surface area contributed by atoms with E-state index in [0.717, 1.165) is 44.7 Å². The second-order valence-corrected chi connectivity index (χ2v) is 7.39. The molecule has 0 atom stereocenters. The SMILES string of the molecule is N=C/C(=C1\NCCOc2cc(OCc3ccc4ccccc4n3)ccc21)c1ccncc1. The van der Waals surface area contributed by atoms with Gasteiger partial charge in [0, 0.05) is 47.7 Å². The van der Waals surface area contributed by atoms with Crippen molar-refractivity contribution in [3.63, 3.8) is 0 Å². The van der Waals surface area contributed by atoms with Gasteiger partial charge in [0.2, 0.25) is 0 Å². The first-order chi connectivity index (χ1) is 15.8. The summed E-state index contributed by atoms with van der Waals surface area (Å²) in [4.78, 5) is 8.75. The third-order valence-corrected chi connectivity index (χ3v) is 5.33. The maximum absolute atomic E-state index is 7.99. The first kappa shape index (κ1) is 19.8. The van der Waals surface area contributed by atoms with Crippen molar-refractivity contribution >= 4 is 28.4 Å². The molecule has 158 valence electrons. The minimum atomic E-state index is 0.368. The molecular weight excluding hydrogens is 400 g/mol. The molecule has 0 saturated heterocycles. The summed E-state index contributed by atoms with van der Waals surface area (Å²) in [5, 5.41) is 12.5. The van der Waals surface area contributed by atoms with Gasteiger partial charge in [-0.2, -0.15) is 0 Å². The van der Waals surface area contributed by atoms with Gasteiger partial charge in [-0.05, 0) is 42.0 Å². The van der Waals surface area contributed by atoms with E-state index in [1.807, 2.05) is 60.7 Å². The molecule has 0 fully saturated rings. The lowest BCUT2D eigenvalue weighted by molar-refractivity contribution is 0.294. The van der Waals surface area contributed by atoms with Crippen LogP contribution in [0.25, 0.3) is 22.2 Å². The van der Waals surface area contributed by atoms with E-state index in [4.69, 9.17) is 14.9 Å². The summed E-state index contributed by atoms with van der Waals surface area (Å²) in [6, 6.07) is 21.7. The molecule has 0 aliphatic carbocycles. The molecule has 0 radical (unpaired) electrons. The zero-order valence-electron chi connectivity index (χ0n) is 17.4. The average molecular weight is 422 g/mol. The highest BCUT2D eigenvalue weighted by Gasteiger charge is 2.18. The van der Waals surface area contributed by atoms with E-state index in [0.29, 0.717) is 25.5 Å². The van der Waals surface area contributed by atoms with Crippen LogP contribution in [0, 0.1) is 5.41 Å². The van der Waals surface area contributed by atoms with Crippen molar-refractivity contribution in [3.05, 3.63) is 95.9 Å². The zero-order chi connectivity index (χ0) is 21.8. The molecule has 1 aliphatic rings. The van der Waals surface area contributed by atoms with Crippen LogP contribution in [0.2, 0.25) is 0 Å². The van der Waals surface area contributed by atoms with Crippen LogP contribution < -0.4 is 14.8 Å². The molecule has 2 aromatic carbocycles. The van der Waals surface area contributed by atoms with E-state index in [9.17, 15) is 0 Å². The third-order valence-electron chi connectivity index (χ3n) is 5.33. The number of allylic oxidation sites excluding steroid dienone is 1. The number of benzene rings is 2. The Labute approximate surface area is 186 Å². The molecule has 2 aromatic heterocycles. The minimum Gasteiger partial charge on any atom is -0.491 e. The Morgan fingerprint density at radius 1 is 1.06 bits per heavy atom. The quantitative estimate of drug-likeness (QED) is 0.456. The molecule has 0 bridgehead atoms. The largest absolute Gasteiger partial charge is 0.491 e.